The minimum Gasteiger partial charge on any atom is -0.485 e. The van der Waals surface area contributed by atoms with Gasteiger partial charge in [0.1, 0.15) is 24.3 Å². The van der Waals surface area contributed by atoms with Crippen LogP contribution >= 0.6 is 11.6 Å². The van der Waals surface area contributed by atoms with E-state index in [4.69, 9.17) is 16.3 Å². The molecule has 1 spiro atoms. The third-order valence-electron chi connectivity index (χ3n) is 10.6. The monoisotopic (exact) mass is 595 g/mol. The van der Waals surface area contributed by atoms with E-state index in [2.05, 4.69) is 10.2 Å². The van der Waals surface area contributed by atoms with Gasteiger partial charge in [-0.3, -0.25) is 14.4 Å². The predicted octanol–water partition coefficient (Wildman–Crippen LogP) is 4.60. The number of carboxylic acid groups (broad SMARTS) is 1. The van der Waals surface area contributed by atoms with Crippen molar-refractivity contribution in [2.75, 3.05) is 13.1 Å². The fraction of sp³-hybridized carbons (Fsp3) is 0.645. The van der Waals surface area contributed by atoms with Crippen molar-refractivity contribution in [2.24, 2.45) is 23.8 Å². The molecule has 1 aromatic heterocycles. The fourth-order valence-corrected chi connectivity index (χ4v) is 7.79. The van der Waals surface area contributed by atoms with Crippen molar-refractivity contribution in [3.05, 3.63) is 39.9 Å². The molecule has 1 aromatic carbocycles. The Morgan fingerprint density at radius 2 is 1.93 bits per heavy atom. The van der Waals surface area contributed by atoms with Crippen molar-refractivity contribution in [3.8, 4) is 5.75 Å². The van der Waals surface area contributed by atoms with Crippen LogP contribution in [0.25, 0.3) is 0 Å². The number of halogens is 1. The van der Waals surface area contributed by atoms with Gasteiger partial charge in [-0.2, -0.15) is 0 Å². The van der Waals surface area contributed by atoms with Gasteiger partial charge in [0.05, 0.1) is 11.3 Å². The molecule has 5 aliphatic rings. The van der Waals surface area contributed by atoms with Gasteiger partial charge in [0.25, 0.3) is 0 Å². The van der Waals surface area contributed by atoms with Crippen molar-refractivity contribution in [2.45, 2.75) is 89.8 Å². The molecule has 4 fully saturated rings. The Morgan fingerprint density at radius 3 is 2.62 bits per heavy atom. The third kappa shape index (κ3) is 4.48. The van der Waals surface area contributed by atoms with Gasteiger partial charge >= 0.3 is 5.97 Å². The molecule has 2 aromatic rings. The average Bonchev–Trinajstić information content (AvgIpc) is 3.89. The zero-order valence-corrected chi connectivity index (χ0v) is 25.0. The SMILES string of the molecule is Cn1c(COc2ccc(Cl)c3c2C(N2CC4(CC4)CC2=O)N(C(=O)C2CCCC[C@]2(C)C(=O)O)CC3)nnc1C1CC1. The number of likely N-dealkylation sites (tertiary alicyclic amines) is 1. The van der Waals surface area contributed by atoms with E-state index in [1.54, 1.807) is 11.8 Å². The van der Waals surface area contributed by atoms with Crippen LogP contribution in [-0.2, 0) is 34.5 Å². The minimum absolute atomic E-state index is 0.0149. The van der Waals surface area contributed by atoms with E-state index < -0.39 is 23.5 Å². The Balaban J connectivity index is 1.27. The van der Waals surface area contributed by atoms with E-state index in [-0.39, 0.29) is 23.8 Å². The Bertz CT molecular complexity index is 1470. The van der Waals surface area contributed by atoms with Crippen LogP contribution in [0.1, 0.15) is 99.6 Å². The number of hydrogen-bond acceptors (Lipinski definition) is 6. The Morgan fingerprint density at radius 1 is 1.14 bits per heavy atom. The summed E-state index contributed by atoms with van der Waals surface area (Å²) in [4.78, 5) is 44.1. The first-order chi connectivity index (χ1) is 20.1. The lowest BCUT2D eigenvalue weighted by molar-refractivity contribution is -0.165. The number of aromatic nitrogens is 3. The second-order valence-corrected chi connectivity index (χ2v) is 13.8. The number of ether oxygens (including phenoxy) is 1. The first-order valence-corrected chi connectivity index (χ1v) is 15.7. The van der Waals surface area contributed by atoms with Crippen molar-refractivity contribution in [3.63, 3.8) is 0 Å². The molecule has 7 rings (SSSR count). The van der Waals surface area contributed by atoms with Crippen molar-refractivity contribution < 1.29 is 24.2 Å². The van der Waals surface area contributed by atoms with Crippen molar-refractivity contribution in [1.29, 1.82) is 0 Å². The maximum Gasteiger partial charge on any atom is 0.310 e. The molecule has 3 atom stereocenters. The number of hydrogen-bond donors (Lipinski definition) is 1. The van der Waals surface area contributed by atoms with E-state index in [9.17, 15) is 19.5 Å². The third-order valence-corrected chi connectivity index (χ3v) is 11.0. The van der Waals surface area contributed by atoms with Gasteiger partial charge < -0.3 is 24.2 Å². The number of carboxylic acids is 1. The lowest BCUT2D eigenvalue weighted by Crippen LogP contribution is -2.54. The maximum atomic E-state index is 14.5. The number of aliphatic carboxylic acids is 1. The molecule has 0 bridgehead atoms. The van der Waals surface area contributed by atoms with Gasteiger partial charge in [-0.25, -0.2) is 0 Å². The lowest BCUT2D eigenvalue weighted by atomic mass is 9.66. The summed E-state index contributed by atoms with van der Waals surface area (Å²) in [6.07, 6.45) is 7.06. The van der Waals surface area contributed by atoms with Crippen LogP contribution in [0.5, 0.6) is 5.75 Å². The molecule has 3 heterocycles. The molecule has 10 nitrogen and oxygen atoms in total. The van der Waals surface area contributed by atoms with Crippen LogP contribution in [0.3, 0.4) is 0 Å². The van der Waals surface area contributed by atoms with Gasteiger partial charge in [-0.15, -0.1) is 10.2 Å². The Hall–Kier alpha value is -3.14. The molecule has 1 N–H and O–H groups in total. The number of carbonyl (C=O) groups excluding carboxylic acids is 2. The lowest BCUT2D eigenvalue weighted by Gasteiger charge is -2.47. The van der Waals surface area contributed by atoms with Gasteiger partial charge in [-0.05, 0) is 75.0 Å². The number of amides is 2. The van der Waals surface area contributed by atoms with Crippen LogP contribution in [0, 0.1) is 16.7 Å². The fourth-order valence-electron chi connectivity index (χ4n) is 7.53. The summed E-state index contributed by atoms with van der Waals surface area (Å²) in [6.45, 7) is 2.81. The molecule has 0 radical (unpaired) electrons. The Labute approximate surface area is 250 Å². The largest absolute Gasteiger partial charge is 0.485 e. The summed E-state index contributed by atoms with van der Waals surface area (Å²) in [7, 11) is 1.95. The van der Waals surface area contributed by atoms with Gasteiger partial charge in [0.2, 0.25) is 11.8 Å². The normalized spacial score (nSPS) is 28.2. The van der Waals surface area contributed by atoms with Crippen LogP contribution in [0.4, 0.5) is 0 Å². The van der Waals surface area contributed by atoms with Crippen LogP contribution in [-0.4, -0.2) is 60.5 Å². The highest BCUT2D eigenvalue weighted by Crippen LogP contribution is 2.56. The number of benzene rings is 1. The van der Waals surface area contributed by atoms with Crippen LogP contribution in [0.2, 0.25) is 5.02 Å². The smallest absolute Gasteiger partial charge is 0.310 e. The molecule has 2 aliphatic heterocycles. The first kappa shape index (κ1) is 27.7. The number of fused-ring (bicyclic) bond motifs is 1. The van der Waals surface area contributed by atoms with E-state index in [0.29, 0.717) is 61.3 Å². The van der Waals surface area contributed by atoms with E-state index in [0.717, 1.165) is 55.5 Å². The molecule has 3 aliphatic carbocycles. The van der Waals surface area contributed by atoms with Gasteiger partial charge in [0, 0.05) is 43.1 Å². The zero-order chi connectivity index (χ0) is 29.4. The van der Waals surface area contributed by atoms with Crippen LogP contribution in [0.15, 0.2) is 12.1 Å². The van der Waals surface area contributed by atoms with Crippen LogP contribution < -0.4 is 4.74 Å². The molecule has 224 valence electrons. The molecule has 42 heavy (non-hydrogen) atoms. The molecule has 11 heteroatoms. The highest BCUT2D eigenvalue weighted by Gasteiger charge is 2.56. The predicted molar refractivity (Wildman–Crippen MR) is 153 cm³/mol. The summed E-state index contributed by atoms with van der Waals surface area (Å²) in [5, 5.41) is 19.5. The van der Waals surface area contributed by atoms with Crippen molar-refractivity contribution in [1.82, 2.24) is 24.6 Å². The molecule has 2 unspecified atom stereocenters. The quantitative estimate of drug-likeness (QED) is 0.497. The molecule has 2 amide bonds. The van der Waals surface area contributed by atoms with E-state index in [1.165, 1.54) is 0 Å². The van der Waals surface area contributed by atoms with Crippen molar-refractivity contribution >= 4 is 29.4 Å². The Kier molecular flexibility index (Phi) is 6.56. The minimum atomic E-state index is -1.15. The molecule has 1 saturated heterocycles. The number of rotatable bonds is 7. The molecule has 3 saturated carbocycles. The van der Waals surface area contributed by atoms with Gasteiger partial charge in [0.15, 0.2) is 5.82 Å². The second-order valence-electron chi connectivity index (χ2n) is 13.4. The number of carbonyl (C=O) groups is 3. The topological polar surface area (TPSA) is 118 Å². The molecular weight excluding hydrogens is 558 g/mol. The molecular formula is C31H38ClN5O5. The summed E-state index contributed by atoms with van der Waals surface area (Å²) in [5.74, 6) is 0.891. The number of nitrogens with zero attached hydrogens (tertiary/aromatic N) is 5. The maximum absolute atomic E-state index is 14.5. The van der Waals surface area contributed by atoms with E-state index >= 15 is 0 Å². The summed E-state index contributed by atoms with van der Waals surface area (Å²) in [5.41, 5.74) is 0.423. The summed E-state index contributed by atoms with van der Waals surface area (Å²) in [6, 6.07) is 3.63. The zero-order valence-electron chi connectivity index (χ0n) is 24.3. The van der Waals surface area contributed by atoms with E-state index in [1.807, 2.05) is 28.6 Å². The average molecular weight is 596 g/mol. The summed E-state index contributed by atoms with van der Waals surface area (Å²) < 4.78 is 8.42. The highest BCUT2D eigenvalue weighted by molar-refractivity contribution is 6.31. The highest BCUT2D eigenvalue weighted by atomic mass is 35.5. The second kappa shape index (κ2) is 9.96. The standard InChI is InChI=1S/C31H38ClN5O5/c1-30(29(40)41)11-4-3-5-20(30)28(39)36-14-10-19-21(32)8-9-22(42-16-23-33-34-26(35(23)2)18-6-7-18)25(19)27(36)37-17-31(12-13-31)15-24(37)38/h8-9,18,20,27H,3-7,10-17H2,1-2H3,(H,40,41)/t20?,27?,30-/m0/s1. The summed E-state index contributed by atoms with van der Waals surface area (Å²) >= 11 is 6.77. The van der Waals surface area contributed by atoms with Gasteiger partial charge in [-0.1, -0.05) is 24.4 Å². The first-order valence-electron chi connectivity index (χ1n) is 15.3.